The van der Waals surface area contributed by atoms with Gasteiger partial charge in [-0.05, 0) is 99.1 Å². The topological polar surface area (TPSA) is 47.3 Å². The Balaban J connectivity index is 1.12. The summed E-state index contributed by atoms with van der Waals surface area (Å²) in [5.41, 5.74) is 17.8. The molecule has 306 valence electrons. The fraction of sp³-hybridized carbons (Fsp3) is 0.140. The van der Waals surface area contributed by atoms with Crippen LogP contribution < -0.4 is 15.7 Å². The highest BCUT2D eigenvalue weighted by molar-refractivity contribution is 7.25. The third-order valence-corrected chi connectivity index (χ3v) is 15.2. The molecule has 0 unspecified atom stereocenters. The predicted octanol–water partition coefficient (Wildman–Crippen LogP) is 14.7. The van der Waals surface area contributed by atoms with Crippen molar-refractivity contribution in [2.24, 2.45) is 0 Å². The van der Waals surface area contributed by atoms with E-state index in [1.54, 1.807) is 0 Å². The lowest BCUT2D eigenvalue weighted by atomic mass is 9.44. The van der Waals surface area contributed by atoms with E-state index in [9.17, 15) is 0 Å². The van der Waals surface area contributed by atoms with Gasteiger partial charge in [0.15, 0.2) is 5.58 Å². The molecule has 12 aromatic rings. The molecule has 2 aliphatic rings. The first-order valence-corrected chi connectivity index (χ1v) is 23.1. The van der Waals surface area contributed by atoms with E-state index in [0.717, 1.165) is 55.5 Å². The second-order valence-corrected chi connectivity index (χ2v) is 21.1. The summed E-state index contributed by atoms with van der Waals surface area (Å²) in [6.07, 6.45) is 0. The normalized spacial score (nSPS) is 13.7. The zero-order chi connectivity index (χ0) is 43.0. The van der Waals surface area contributed by atoms with Gasteiger partial charge < -0.3 is 18.2 Å². The number of para-hydroxylation sites is 1. The number of aromatic nitrogens is 2. The molecule has 64 heavy (non-hydrogen) atoms. The van der Waals surface area contributed by atoms with Crippen LogP contribution in [0.2, 0.25) is 0 Å². The zero-order valence-corrected chi connectivity index (χ0v) is 37.3. The average Bonchev–Trinajstić information content (AvgIpc) is 4.06. The van der Waals surface area contributed by atoms with Gasteiger partial charge in [-0.2, -0.15) is 0 Å². The molecular weight excluding hydrogens is 802 g/mol. The molecule has 8 aromatic carbocycles. The predicted molar refractivity (Wildman–Crippen MR) is 270 cm³/mol. The van der Waals surface area contributed by atoms with Crippen LogP contribution in [0.5, 0.6) is 0 Å². The van der Waals surface area contributed by atoms with Crippen molar-refractivity contribution in [3.63, 3.8) is 0 Å². The molecular formula is C57H42BN3O2S. The van der Waals surface area contributed by atoms with E-state index in [4.69, 9.17) is 13.8 Å². The molecule has 0 atom stereocenters. The van der Waals surface area contributed by atoms with Crippen molar-refractivity contribution in [2.45, 2.75) is 52.4 Å². The van der Waals surface area contributed by atoms with Crippen LogP contribution in [0.15, 0.2) is 154 Å². The van der Waals surface area contributed by atoms with Gasteiger partial charge >= 0.3 is 6.85 Å². The Bertz CT molecular complexity index is 3990. The minimum absolute atomic E-state index is 0.0165. The maximum Gasteiger partial charge on any atom is 0.333 e. The first kappa shape index (κ1) is 36.4. The Labute approximate surface area is 374 Å². The molecule has 0 radical (unpaired) electrons. The second-order valence-electron chi connectivity index (χ2n) is 20.0. The van der Waals surface area contributed by atoms with Gasteiger partial charge in [0.1, 0.15) is 16.7 Å². The standard InChI is InChI=1S/C57H42BN3O2S/c1-56(2,3)32-16-19-34(20-17-32)61-46-26-42-36-21-18-33(57(4,5)6)24-51(36)64-52(42)27-40(46)37-22-23-38-39-25-41-35-14-10-11-15-48(35)62-49(41)29-45(39)60-47-30-50-44(28-43(47)58(61)53(37)54(38)60)59-55(63-50)31-12-8-7-9-13-31/h7-30H,1-6H3. The van der Waals surface area contributed by atoms with Gasteiger partial charge in [0, 0.05) is 82.0 Å². The fourth-order valence-corrected chi connectivity index (χ4v) is 12.0. The first-order valence-electron chi connectivity index (χ1n) is 22.3. The van der Waals surface area contributed by atoms with Crippen LogP contribution in [0.25, 0.3) is 103 Å². The Morgan fingerprint density at radius 3 is 2.09 bits per heavy atom. The summed E-state index contributed by atoms with van der Waals surface area (Å²) in [6, 6.07) is 53.9. The molecule has 0 bridgehead atoms. The van der Waals surface area contributed by atoms with Crippen molar-refractivity contribution < 1.29 is 8.83 Å². The lowest BCUT2D eigenvalue weighted by molar-refractivity contribution is 0.590. The maximum atomic E-state index is 6.68. The first-order chi connectivity index (χ1) is 31.0. The molecule has 5 nitrogen and oxygen atoms in total. The van der Waals surface area contributed by atoms with Crippen molar-refractivity contribution in [3.05, 3.63) is 157 Å². The van der Waals surface area contributed by atoms with E-state index < -0.39 is 0 Å². The van der Waals surface area contributed by atoms with Gasteiger partial charge in [-0.25, -0.2) is 4.98 Å². The lowest BCUT2D eigenvalue weighted by Gasteiger charge is -2.42. The number of fused-ring (bicyclic) bond motifs is 15. The summed E-state index contributed by atoms with van der Waals surface area (Å²) in [5, 5.41) is 7.28. The SMILES string of the molecule is CC(C)(C)c1ccc(N2B3c4cc5nc(-c6ccccc6)oc5cc4-n4c5cc6oc7ccccc7c6cc5c5ccc(c3c54)-c3cc4sc5cc(C(C)(C)C)ccc5c4cc32)cc1. The van der Waals surface area contributed by atoms with Crippen LogP contribution in [0.4, 0.5) is 11.4 Å². The number of hydrogen-bond acceptors (Lipinski definition) is 5. The lowest BCUT2D eigenvalue weighted by Crippen LogP contribution is -2.60. The number of oxazole rings is 1. The highest BCUT2D eigenvalue weighted by Gasteiger charge is 2.45. The van der Waals surface area contributed by atoms with Crippen molar-refractivity contribution in [2.75, 3.05) is 4.81 Å². The van der Waals surface area contributed by atoms with Crippen molar-refractivity contribution in [1.29, 1.82) is 0 Å². The van der Waals surface area contributed by atoms with Gasteiger partial charge in [0.05, 0.1) is 11.0 Å². The Hall–Kier alpha value is -7.09. The zero-order valence-electron chi connectivity index (χ0n) is 36.5. The van der Waals surface area contributed by atoms with E-state index in [1.165, 1.54) is 75.3 Å². The molecule has 0 amide bonds. The summed E-state index contributed by atoms with van der Waals surface area (Å²) in [4.78, 5) is 7.81. The summed E-state index contributed by atoms with van der Waals surface area (Å²) in [5.74, 6) is 0.618. The summed E-state index contributed by atoms with van der Waals surface area (Å²) in [7, 11) is 0. The monoisotopic (exact) mass is 843 g/mol. The molecule has 7 heteroatoms. The van der Waals surface area contributed by atoms with E-state index in [0.29, 0.717) is 5.89 Å². The van der Waals surface area contributed by atoms with Gasteiger partial charge in [-0.15, -0.1) is 11.3 Å². The number of benzene rings is 8. The molecule has 0 aliphatic carbocycles. The minimum Gasteiger partial charge on any atom is -0.456 e. The Morgan fingerprint density at radius 1 is 0.531 bits per heavy atom. The van der Waals surface area contributed by atoms with E-state index in [-0.39, 0.29) is 17.7 Å². The molecule has 0 saturated heterocycles. The molecule has 0 saturated carbocycles. The average molecular weight is 844 g/mol. The fourth-order valence-electron chi connectivity index (χ4n) is 10.9. The van der Waals surface area contributed by atoms with Crippen LogP contribution in [0.3, 0.4) is 0 Å². The number of furan rings is 1. The van der Waals surface area contributed by atoms with Crippen LogP contribution in [0, 0.1) is 0 Å². The molecule has 6 heterocycles. The van der Waals surface area contributed by atoms with Crippen molar-refractivity contribution in [1.82, 2.24) is 9.55 Å². The van der Waals surface area contributed by atoms with Gasteiger partial charge in [-0.3, -0.25) is 0 Å². The summed E-state index contributed by atoms with van der Waals surface area (Å²) in [6.45, 7) is 13.6. The summed E-state index contributed by atoms with van der Waals surface area (Å²) >= 11 is 1.91. The smallest absolute Gasteiger partial charge is 0.333 e. The Morgan fingerprint density at radius 2 is 1.28 bits per heavy atom. The van der Waals surface area contributed by atoms with Crippen LogP contribution in [-0.2, 0) is 10.8 Å². The summed E-state index contributed by atoms with van der Waals surface area (Å²) < 4.78 is 18.4. The largest absolute Gasteiger partial charge is 0.456 e. The third-order valence-electron chi connectivity index (χ3n) is 14.1. The Kier molecular flexibility index (Phi) is 7.02. The molecule has 4 aromatic heterocycles. The quantitative estimate of drug-likeness (QED) is 0.163. The highest BCUT2D eigenvalue weighted by Crippen LogP contribution is 2.50. The van der Waals surface area contributed by atoms with Gasteiger partial charge in [-0.1, -0.05) is 114 Å². The number of thiophene rings is 1. The minimum atomic E-state index is -0.168. The molecule has 2 aliphatic heterocycles. The highest BCUT2D eigenvalue weighted by atomic mass is 32.1. The van der Waals surface area contributed by atoms with Crippen LogP contribution in [0.1, 0.15) is 52.7 Å². The second kappa shape index (κ2) is 12.3. The molecule has 0 spiro atoms. The van der Waals surface area contributed by atoms with E-state index >= 15 is 0 Å². The van der Waals surface area contributed by atoms with Crippen molar-refractivity contribution in [3.8, 4) is 28.3 Å². The number of rotatable bonds is 2. The molecule has 0 fully saturated rings. The number of anilines is 2. The van der Waals surface area contributed by atoms with Gasteiger partial charge in [0.25, 0.3) is 0 Å². The van der Waals surface area contributed by atoms with Crippen molar-refractivity contribution >= 4 is 116 Å². The van der Waals surface area contributed by atoms with E-state index in [1.807, 2.05) is 35.6 Å². The molecule has 14 rings (SSSR count). The van der Waals surface area contributed by atoms with Crippen LogP contribution in [-0.4, -0.2) is 16.4 Å². The van der Waals surface area contributed by atoms with Crippen LogP contribution >= 0.6 is 11.3 Å². The molecule has 0 N–H and O–H groups in total. The third kappa shape index (κ3) is 4.93. The van der Waals surface area contributed by atoms with Gasteiger partial charge in [0.2, 0.25) is 5.89 Å². The maximum absolute atomic E-state index is 6.68. The van der Waals surface area contributed by atoms with E-state index in [2.05, 4.69) is 172 Å². The number of hydrogen-bond donors (Lipinski definition) is 0. The number of nitrogens with zero attached hydrogens (tertiary/aromatic N) is 3.